The second kappa shape index (κ2) is 7.81. The van der Waals surface area contributed by atoms with Gasteiger partial charge in [-0.25, -0.2) is 0 Å². The maximum Gasteiger partial charge on any atom is 0.204 e. The summed E-state index contributed by atoms with van der Waals surface area (Å²) < 4.78 is 5.52. The molecule has 124 valence electrons. The molecule has 2 aromatic carbocycles. The summed E-state index contributed by atoms with van der Waals surface area (Å²) in [6, 6.07) is 17.8. The summed E-state index contributed by atoms with van der Waals surface area (Å²) in [5, 5.41) is 22.3. The second-order valence-electron chi connectivity index (χ2n) is 5.69. The Bertz CT molecular complexity index is 756. The van der Waals surface area contributed by atoms with Crippen LogP contribution in [0.15, 0.2) is 54.6 Å². The lowest BCUT2D eigenvalue weighted by molar-refractivity contribution is 0.0165. The third kappa shape index (κ3) is 4.47. The van der Waals surface area contributed by atoms with Crippen molar-refractivity contribution >= 4 is 0 Å². The summed E-state index contributed by atoms with van der Waals surface area (Å²) in [6.45, 7) is 2.96. The van der Waals surface area contributed by atoms with E-state index in [1.165, 1.54) is 10.4 Å². The van der Waals surface area contributed by atoms with Gasteiger partial charge in [-0.15, -0.1) is 10.2 Å². The summed E-state index contributed by atoms with van der Waals surface area (Å²) in [7, 11) is 0. The molecular formula is C18H20N4O2. The third-order valence-corrected chi connectivity index (χ3v) is 3.56. The average Bonchev–Trinajstić information content (AvgIpc) is 3.05. The molecule has 3 rings (SSSR count). The predicted molar refractivity (Wildman–Crippen MR) is 90.1 cm³/mol. The van der Waals surface area contributed by atoms with Crippen molar-refractivity contribution in [2.45, 2.75) is 26.2 Å². The number of benzene rings is 2. The summed E-state index contributed by atoms with van der Waals surface area (Å²) in [4.78, 5) is 1.39. The van der Waals surface area contributed by atoms with Crippen molar-refractivity contribution in [2.75, 3.05) is 6.61 Å². The molecule has 0 aliphatic heterocycles. The number of aliphatic hydroxyl groups excluding tert-OH is 1. The maximum absolute atomic E-state index is 10.0. The van der Waals surface area contributed by atoms with Gasteiger partial charge >= 0.3 is 0 Å². The molecule has 6 nitrogen and oxygen atoms in total. The summed E-state index contributed by atoms with van der Waals surface area (Å²) in [6.07, 6.45) is -0.686. The first-order valence-corrected chi connectivity index (χ1v) is 7.85. The Morgan fingerprint density at radius 2 is 1.83 bits per heavy atom. The Labute approximate surface area is 140 Å². The molecule has 0 fully saturated rings. The van der Waals surface area contributed by atoms with E-state index in [2.05, 4.69) is 15.4 Å². The van der Waals surface area contributed by atoms with Gasteiger partial charge in [0.2, 0.25) is 5.82 Å². The van der Waals surface area contributed by atoms with Gasteiger partial charge in [0, 0.05) is 5.56 Å². The lowest BCUT2D eigenvalue weighted by Gasteiger charge is -2.10. The van der Waals surface area contributed by atoms with E-state index in [0.29, 0.717) is 12.4 Å². The van der Waals surface area contributed by atoms with E-state index in [1.807, 2.05) is 61.5 Å². The van der Waals surface area contributed by atoms with Crippen LogP contribution in [-0.2, 0) is 17.9 Å². The number of aryl methyl sites for hydroxylation is 1. The molecule has 3 aromatic rings. The molecule has 0 saturated heterocycles. The van der Waals surface area contributed by atoms with E-state index in [0.717, 1.165) is 11.1 Å². The van der Waals surface area contributed by atoms with Crippen LogP contribution in [0.3, 0.4) is 0 Å². The van der Waals surface area contributed by atoms with Crippen LogP contribution in [0.25, 0.3) is 11.4 Å². The summed E-state index contributed by atoms with van der Waals surface area (Å²) in [5.41, 5.74) is 3.16. The number of aromatic nitrogens is 4. The van der Waals surface area contributed by atoms with Crippen molar-refractivity contribution in [3.05, 3.63) is 65.7 Å². The van der Waals surface area contributed by atoms with E-state index in [4.69, 9.17) is 4.74 Å². The number of aliphatic hydroxyl groups is 1. The van der Waals surface area contributed by atoms with E-state index in [1.54, 1.807) is 0 Å². The van der Waals surface area contributed by atoms with Crippen LogP contribution in [0.4, 0.5) is 0 Å². The largest absolute Gasteiger partial charge is 0.389 e. The van der Waals surface area contributed by atoms with Gasteiger partial charge in [0.1, 0.15) is 0 Å². The summed E-state index contributed by atoms with van der Waals surface area (Å²) >= 11 is 0. The first kappa shape index (κ1) is 16.3. The normalized spacial score (nSPS) is 12.2. The Hall–Kier alpha value is -2.57. The standard InChI is InChI=1S/C18H20N4O2/c1-14-7-9-16(10-8-14)18-19-21-22(20-18)11-17(23)13-24-12-15-5-3-2-4-6-15/h2-10,17,23H,11-13H2,1H3. The van der Waals surface area contributed by atoms with Gasteiger partial charge in [-0.2, -0.15) is 4.80 Å². The Kier molecular flexibility index (Phi) is 5.30. The van der Waals surface area contributed by atoms with Gasteiger partial charge in [-0.1, -0.05) is 60.2 Å². The molecule has 0 aliphatic rings. The van der Waals surface area contributed by atoms with Crippen LogP contribution in [-0.4, -0.2) is 38.0 Å². The van der Waals surface area contributed by atoms with E-state index < -0.39 is 6.10 Å². The molecule has 1 N–H and O–H groups in total. The molecule has 0 aliphatic carbocycles. The molecule has 1 atom stereocenters. The number of nitrogens with zero attached hydrogens (tertiary/aromatic N) is 4. The highest BCUT2D eigenvalue weighted by molar-refractivity contribution is 5.53. The van der Waals surface area contributed by atoms with Crippen LogP contribution in [0.1, 0.15) is 11.1 Å². The van der Waals surface area contributed by atoms with Crippen LogP contribution in [0.5, 0.6) is 0 Å². The second-order valence-corrected chi connectivity index (χ2v) is 5.69. The molecule has 0 saturated carbocycles. The molecule has 1 unspecified atom stereocenters. The Morgan fingerprint density at radius 3 is 2.58 bits per heavy atom. The number of tetrazole rings is 1. The molecular weight excluding hydrogens is 304 g/mol. The number of hydrogen-bond acceptors (Lipinski definition) is 5. The number of rotatable bonds is 7. The van der Waals surface area contributed by atoms with Gasteiger partial charge in [-0.3, -0.25) is 0 Å². The quantitative estimate of drug-likeness (QED) is 0.721. The molecule has 1 heterocycles. The maximum atomic E-state index is 10.0. The van der Waals surface area contributed by atoms with Crippen LogP contribution >= 0.6 is 0 Å². The lowest BCUT2D eigenvalue weighted by atomic mass is 10.1. The lowest BCUT2D eigenvalue weighted by Crippen LogP contribution is -2.23. The first-order valence-electron chi connectivity index (χ1n) is 7.85. The minimum Gasteiger partial charge on any atom is -0.389 e. The van der Waals surface area contributed by atoms with Crippen molar-refractivity contribution < 1.29 is 9.84 Å². The highest BCUT2D eigenvalue weighted by Gasteiger charge is 2.10. The molecule has 0 bridgehead atoms. The molecule has 1 aromatic heterocycles. The van der Waals surface area contributed by atoms with Crippen molar-refractivity contribution in [1.82, 2.24) is 20.2 Å². The highest BCUT2D eigenvalue weighted by Crippen LogP contribution is 2.14. The van der Waals surface area contributed by atoms with Gasteiger partial charge in [0.05, 0.1) is 25.9 Å². The van der Waals surface area contributed by atoms with Crippen molar-refractivity contribution in [3.8, 4) is 11.4 Å². The van der Waals surface area contributed by atoms with E-state index in [9.17, 15) is 5.11 Å². The molecule has 6 heteroatoms. The van der Waals surface area contributed by atoms with Crippen LogP contribution in [0.2, 0.25) is 0 Å². The van der Waals surface area contributed by atoms with Crippen molar-refractivity contribution in [3.63, 3.8) is 0 Å². The van der Waals surface area contributed by atoms with Crippen molar-refractivity contribution in [1.29, 1.82) is 0 Å². The Morgan fingerprint density at radius 1 is 1.08 bits per heavy atom. The molecule has 0 amide bonds. The third-order valence-electron chi connectivity index (χ3n) is 3.56. The molecule has 24 heavy (non-hydrogen) atoms. The smallest absolute Gasteiger partial charge is 0.204 e. The number of ether oxygens (including phenoxy) is 1. The minimum absolute atomic E-state index is 0.219. The van der Waals surface area contributed by atoms with Crippen LogP contribution < -0.4 is 0 Å². The van der Waals surface area contributed by atoms with Crippen LogP contribution in [0, 0.1) is 6.92 Å². The fourth-order valence-corrected chi connectivity index (χ4v) is 2.27. The molecule has 0 spiro atoms. The van der Waals surface area contributed by atoms with E-state index in [-0.39, 0.29) is 13.2 Å². The average molecular weight is 324 g/mol. The zero-order chi connectivity index (χ0) is 16.8. The van der Waals surface area contributed by atoms with E-state index >= 15 is 0 Å². The zero-order valence-corrected chi connectivity index (χ0v) is 13.5. The monoisotopic (exact) mass is 324 g/mol. The van der Waals surface area contributed by atoms with Gasteiger partial charge < -0.3 is 9.84 Å². The Balaban J connectivity index is 1.50. The number of hydrogen-bond donors (Lipinski definition) is 1. The fourth-order valence-electron chi connectivity index (χ4n) is 2.27. The predicted octanol–water partition coefficient (Wildman–Crippen LogP) is 2.23. The summed E-state index contributed by atoms with van der Waals surface area (Å²) in [5.74, 6) is 0.549. The van der Waals surface area contributed by atoms with Gasteiger partial charge in [-0.05, 0) is 17.7 Å². The first-order chi connectivity index (χ1) is 11.7. The molecule has 0 radical (unpaired) electrons. The van der Waals surface area contributed by atoms with Crippen molar-refractivity contribution in [2.24, 2.45) is 0 Å². The SMILES string of the molecule is Cc1ccc(-c2nnn(CC(O)COCc3ccccc3)n2)cc1. The van der Waals surface area contributed by atoms with Gasteiger partial charge in [0.15, 0.2) is 0 Å². The topological polar surface area (TPSA) is 73.1 Å². The van der Waals surface area contributed by atoms with Gasteiger partial charge in [0.25, 0.3) is 0 Å². The minimum atomic E-state index is -0.686. The fraction of sp³-hybridized carbons (Fsp3) is 0.278. The highest BCUT2D eigenvalue weighted by atomic mass is 16.5. The zero-order valence-electron chi connectivity index (χ0n) is 13.5.